The lowest BCUT2D eigenvalue weighted by molar-refractivity contribution is 0.0602. The van der Waals surface area contributed by atoms with E-state index in [9.17, 15) is 4.79 Å². The molecule has 0 aliphatic heterocycles. The summed E-state index contributed by atoms with van der Waals surface area (Å²) in [4.78, 5) is 11.7. The molecular formula is C14H16N2O2S. The maximum Gasteiger partial charge on any atom is 0.340 e. The van der Waals surface area contributed by atoms with Crippen molar-refractivity contribution in [2.24, 2.45) is 0 Å². The number of carbonyl (C=O) groups excluding carboxylic acids is 1. The zero-order chi connectivity index (χ0) is 13.7. The number of nitrogens with two attached hydrogens (primary N) is 1. The van der Waals surface area contributed by atoms with Gasteiger partial charge in [0.25, 0.3) is 0 Å². The first-order chi connectivity index (χ1) is 9.22. The Bertz CT molecular complexity index is 553. The molecule has 3 N–H and O–H groups in total. The lowest BCUT2D eigenvalue weighted by Gasteiger charge is -2.12. The van der Waals surface area contributed by atoms with Crippen LogP contribution in [0.1, 0.15) is 15.9 Å². The summed E-state index contributed by atoms with van der Waals surface area (Å²) in [5.41, 5.74) is 8.83. The van der Waals surface area contributed by atoms with Crippen LogP contribution in [0.15, 0.2) is 35.0 Å². The lowest BCUT2D eigenvalue weighted by atomic mass is 10.1. The third-order valence-electron chi connectivity index (χ3n) is 2.80. The molecule has 19 heavy (non-hydrogen) atoms. The number of hydrogen-bond donors (Lipinski definition) is 2. The van der Waals surface area contributed by atoms with Crippen molar-refractivity contribution in [1.29, 1.82) is 0 Å². The summed E-state index contributed by atoms with van der Waals surface area (Å²) in [6.07, 6.45) is 0.887. The highest BCUT2D eigenvalue weighted by Gasteiger charge is 2.13. The van der Waals surface area contributed by atoms with Crippen LogP contribution in [0.5, 0.6) is 0 Å². The van der Waals surface area contributed by atoms with E-state index in [4.69, 9.17) is 10.5 Å². The average molecular weight is 276 g/mol. The van der Waals surface area contributed by atoms with E-state index in [0.717, 1.165) is 13.0 Å². The van der Waals surface area contributed by atoms with Gasteiger partial charge in [-0.1, -0.05) is 6.07 Å². The van der Waals surface area contributed by atoms with Crippen LogP contribution in [0.3, 0.4) is 0 Å². The third kappa shape index (κ3) is 3.26. The van der Waals surface area contributed by atoms with Crippen LogP contribution in [0.25, 0.3) is 0 Å². The van der Waals surface area contributed by atoms with Crippen LogP contribution in [0, 0.1) is 0 Å². The van der Waals surface area contributed by atoms with Crippen LogP contribution in [0.4, 0.5) is 11.4 Å². The molecule has 100 valence electrons. The molecule has 2 rings (SSSR count). The Morgan fingerprint density at radius 2 is 2.26 bits per heavy atom. The molecule has 0 saturated heterocycles. The fourth-order valence-electron chi connectivity index (χ4n) is 1.81. The zero-order valence-electron chi connectivity index (χ0n) is 10.7. The van der Waals surface area contributed by atoms with E-state index in [2.05, 4.69) is 16.8 Å². The predicted octanol–water partition coefficient (Wildman–Crippen LogP) is 2.77. The smallest absolute Gasteiger partial charge is 0.340 e. The van der Waals surface area contributed by atoms with Crippen molar-refractivity contribution in [2.75, 3.05) is 24.7 Å². The van der Waals surface area contributed by atoms with Gasteiger partial charge in [-0.25, -0.2) is 4.79 Å². The summed E-state index contributed by atoms with van der Waals surface area (Å²) in [7, 11) is 1.36. The van der Waals surface area contributed by atoms with Gasteiger partial charge in [-0.05, 0) is 40.9 Å². The fourth-order valence-corrected chi connectivity index (χ4v) is 2.52. The summed E-state index contributed by atoms with van der Waals surface area (Å²) in [6.45, 7) is 0.717. The van der Waals surface area contributed by atoms with E-state index >= 15 is 0 Å². The topological polar surface area (TPSA) is 64.3 Å². The first-order valence-electron chi connectivity index (χ1n) is 5.94. The number of benzene rings is 1. The van der Waals surface area contributed by atoms with Gasteiger partial charge < -0.3 is 15.8 Å². The molecule has 0 fully saturated rings. The monoisotopic (exact) mass is 276 g/mol. The molecule has 0 saturated carbocycles. The zero-order valence-corrected chi connectivity index (χ0v) is 11.5. The van der Waals surface area contributed by atoms with E-state index in [1.54, 1.807) is 29.5 Å². The van der Waals surface area contributed by atoms with Crippen LogP contribution >= 0.6 is 11.3 Å². The highest BCUT2D eigenvalue weighted by molar-refractivity contribution is 7.07. The van der Waals surface area contributed by atoms with E-state index in [0.29, 0.717) is 16.9 Å². The van der Waals surface area contributed by atoms with Gasteiger partial charge in [0.1, 0.15) is 0 Å². The molecule has 0 aliphatic carbocycles. The fraction of sp³-hybridized carbons (Fsp3) is 0.214. The van der Waals surface area contributed by atoms with Crippen molar-refractivity contribution in [3.63, 3.8) is 0 Å². The second-order valence-electron chi connectivity index (χ2n) is 4.07. The molecule has 5 heteroatoms. The largest absolute Gasteiger partial charge is 0.465 e. The number of anilines is 2. The minimum absolute atomic E-state index is 0.384. The van der Waals surface area contributed by atoms with E-state index in [1.807, 2.05) is 5.38 Å². The summed E-state index contributed by atoms with van der Waals surface area (Å²) in [5, 5.41) is 7.37. The second-order valence-corrected chi connectivity index (χ2v) is 4.85. The summed E-state index contributed by atoms with van der Waals surface area (Å²) >= 11 is 1.67. The second kappa shape index (κ2) is 6.24. The van der Waals surface area contributed by atoms with Crippen LogP contribution < -0.4 is 11.1 Å². The van der Waals surface area contributed by atoms with Gasteiger partial charge in [-0.2, -0.15) is 11.3 Å². The number of para-hydroxylation sites is 1. The van der Waals surface area contributed by atoms with Crippen LogP contribution in [-0.2, 0) is 11.2 Å². The minimum Gasteiger partial charge on any atom is -0.465 e. The normalized spacial score (nSPS) is 10.2. The van der Waals surface area contributed by atoms with Gasteiger partial charge in [0.2, 0.25) is 0 Å². The Labute approximate surface area is 116 Å². The quantitative estimate of drug-likeness (QED) is 0.651. The Morgan fingerprint density at radius 3 is 2.95 bits per heavy atom. The van der Waals surface area contributed by atoms with Crippen LogP contribution in [0.2, 0.25) is 0 Å². The molecule has 0 bridgehead atoms. The lowest BCUT2D eigenvalue weighted by Crippen LogP contribution is -2.12. The minimum atomic E-state index is -0.384. The van der Waals surface area contributed by atoms with Crippen molar-refractivity contribution in [1.82, 2.24) is 0 Å². The molecule has 0 aliphatic rings. The summed E-state index contributed by atoms with van der Waals surface area (Å²) in [5.74, 6) is -0.384. The summed E-state index contributed by atoms with van der Waals surface area (Å²) in [6, 6.07) is 7.29. The average Bonchev–Trinajstić information content (AvgIpc) is 2.93. The SMILES string of the molecule is COC(=O)c1cccc(N)c1NCCc1ccsc1. The molecule has 1 aromatic carbocycles. The number of hydrogen-bond acceptors (Lipinski definition) is 5. The maximum absolute atomic E-state index is 11.7. The van der Waals surface area contributed by atoms with Crippen molar-refractivity contribution in [3.05, 3.63) is 46.2 Å². The maximum atomic E-state index is 11.7. The summed E-state index contributed by atoms with van der Waals surface area (Å²) < 4.78 is 4.75. The number of esters is 1. The Hall–Kier alpha value is -2.01. The molecule has 2 aromatic rings. The number of nitrogen functional groups attached to an aromatic ring is 1. The van der Waals surface area contributed by atoms with Gasteiger partial charge in [-0.3, -0.25) is 0 Å². The van der Waals surface area contributed by atoms with E-state index in [1.165, 1.54) is 12.7 Å². The van der Waals surface area contributed by atoms with Crippen molar-refractivity contribution in [3.8, 4) is 0 Å². The Morgan fingerprint density at radius 1 is 1.42 bits per heavy atom. The number of nitrogens with one attached hydrogen (secondary N) is 1. The molecule has 1 aromatic heterocycles. The van der Waals surface area contributed by atoms with E-state index in [-0.39, 0.29) is 5.97 Å². The molecule has 0 atom stereocenters. The number of thiophene rings is 1. The molecule has 0 spiro atoms. The van der Waals surface area contributed by atoms with Crippen LogP contribution in [-0.4, -0.2) is 19.6 Å². The van der Waals surface area contributed by atoms with Gasteiger partial charge >= 0.3 is 5.97 Å². The van der Waals surface area contributed by atoms with Crippen molar-refractivity contribution < 1.29 is 9.53 Å². The highest BCUT2D eigenvalue weighted by atomic mass is 32.1. The highest BCUT2D eigenvalue weighted by Crippen LogP contribution is 2.24. The molecule has 4 nitrogen and oxygen atoms in total. The van der Waals surface area contributed by atoms with E-state index < -0.39 is 0 Å². The Balaban J connectivity index is 2.08. The number of ether oxygens (including phenoxy) is 1. The van der Waals surface area contributed by atoms with Crippen molar-refractivity contribution in [2.45, 2.75) is 6.42 Å². The number of methoxy groups -OCH3 is 1. The standard InChI is InChI=1S/C14H16N2O2S/c1-18-14(17)11-3-2-4-12(15)13(11)16-7-5-10-6-8-19-9-10/h2-4,6,8-9,16H,5,7,15H2,1H3. The first-order valence-corrected chi connectivity index (χ1v) is 6.88. The molecule has 0 amide bonds. The van der Waals surface area contributed by atoms with Gasteiger partial charge in [0, 0.05) is 6.54 Å². The number of rotatable bonds is 5. The van der Waals surface area contributed by atoms with Gasteiger partial charge in [0.15, 0.2) is 0 Å². The predicted molar refractivity (Wildman–Crippen MR) is 78.7 cm³/mol. The third-order valence-corrected chi connectivity index (χ3v) is 3.53. The van der Waals surface area contributed by atoms with Crippen molar-refractivity contribution >= 4 is 28.7 Å². The first kappa shape index (κ1) is 13.4. The molecule has 0 radical (unpaired) electrons. The van der Waals surface area contributed by atoms with Gasteiger partial charge in [0.05, 0.1) is 24.0 Å². The molecular weight excluding hydrogens is 260 g/mol. The number of carbonyl (C=O) groups is 1. The Kier molecular flexibility index (Phi) is 4.41. The molecule has 0 unspecified atom stereocenters. The molecule has 1 heterocycles. The van der Waals surface area contributed by atoms with Gasteiger partial charge in [-0.15, -0.1) is 0 Å².